The van der Waals surface area contributed by atoms with E-state index >= 15 is 0 Å². The minimum absolute atomic E-state index is 0.0412. The van der Waals surface area contributed by atoms with E-state index in [0.717, 1.165) is 4.31 Å². The average Bonchev–Trinajstić information content (AvgIpc) is 2.19. The highest BCUT2D eigenvalue weighted by atomic mass is 35.5. The number of halogens is 1. The van der Waals surface area contributed by atoms with E-state index in [1.807, 2.05) is 0 Å². The van der Waals surface area contributed by atoms with Crippen molar-refractivity contribution in [3.05, 3.63) is 23.2 Å². The van der Waals surface area contributed by atoms with Crippen LogP contribution in [0.2, 0.25) is 5.02 Å². The summed E-state index contributed by atoms with van der Waals surface area (Å²) in [5.74, 6) is 0. The molecule has 0 aromatic heterocycles. The maximum atomic E-state index is 12.3. The third-order valence-corrected chi connectivity index (χ3v) is 4.54. The van der Waals surface area contributed by atoms with Crippen LogP contribution in [0.1, 0.15) is 13.8 Å². The Morgan fingerprint density at radius 1 is 1.44 bits per heavy atom. The van der Waals surface area contributed by atoms with Crippen LogP contribution in [0.3, 0.4) is 0 Å². The van der Waals surface area contributed by atoms with Crippen molar-refractivity contribution in [3.8, 4) is 0 Å². The number of nitrogen functional groups attached to an aromatic ring is 1. The van der Waals surface area contributed by atoms with Crippen LogP contribution in [0.4, 0.5) is 5.69 Å². The molecule has 0 fully saturated rings. The van der Waals surface area contributed by atoms with Crippen LogP contribution in [0.25, 0.3) is 0 Å². The average molecular weight is 293 g/mol. The summed E-state index contributed by atoms with van der Waals surface area (Å²) in [6, 6.07) is 4.26. The summed E-state index contributed by atoms with van der Waals surface area (Å²) in [6.07, 6.45) is 0. The number of nitrogens with two attached hydrogens (primary N) is 1. The Hall–Kier alpha value is -0.820. The van der Waals surface area contributed by atoms with E-state index in [-0.39, 0.29) is 16.5 Å². The van der Waals surface area contributed by atoms with E-state index in [4.69, 9.17) is 17.3 Å². The van der Waals surface area contributed by atoms with E-state index in [1.165, 1.54) is 39.1 Å². The van der Waals surface area contributed by atoms with E-state index < -0.39 is 15.6 Å². The van der Waals surface area contributed by atoms with Crippen molar-refractivity contribution in [2.24, 2.45) is 0 Å². The first kappa shape index (κ1) is 15.2. The van der Waals surface area contributed by atoms with Crippen LogP contribution in [-0.2, 0) is 10.0 Å². The first-order valence-corrected chi connectivity index (χ1v) is 7.09. The molecule has 3 N–H and O–H groups in total. The lowest BCUT2D eigenvalue weighted by molar-refractivity contribution is 0.0640. The van der Waals surface area contributed by atoms with Crippen molar-refractivity contribution >= 4 is 27.3 Å². The van der Waals surface area contributed by atoms with Crippen LogP contribution in [0.5, 0.6) is 0 Å². The molecule has 0 bridgehead atoms. The van der Waals surface area contributed by atoms with Gasteiger partial charge in [0.25, 0.3) is 0 Å². The lowest BCUT2D eigenvalue weighted by Gasteiger charge is -2.25. The molecule has 0 radical (unpaired) electrons. The van der Waals surface area contributed by atoms with E-state index in [1.54, 1.807) is 0 Å². The molecule has 18 heavy (non-hydrogen) atoms. The fraction of sp³-hybridized carbons (Fsp3) is 0.455. The highest BCUT2D eigenvalue weighted by Crippen LogP contribution is 2.26. The zero-order valence-electron chi connectivity index (χ0n) is 10.5. The number of likely N-dealkylation sites (N-methyl/N-ethyl adjacent to an activating group) is 1. The summed E-state index contributed by atoms with van der Waals surface area (Å²) in [6.45, 7) is 3.01. The van der Waals surface area contributed by atoms with Gasteiger partial charge in [-0.05, 0) is 32.0 Å². The molecule has 102 valence electrons. The summed E-state index contributed by atoms with van der Waals surface area (Å²) in [4.78, 5) is -0.0593. The van der Waals surface area contributed by atoms with Gasteiger partial charge in [0.1, 0.15) is 4.90 Å². The molecule has 0 spiro atoms. The van der Waals surface area contributed by atoms with Gasteiger partial charge in [-0.1, -0.05) is 11.6 Å². The van der Waals surface area contributed by atoms with Crippen molar-refractivity contribution in [1.29, 1.82) is 0 Å². The Kier molecular flexibility index (Phi) is 4.27. The predicted octanol–water partition coefficient (Wildman–Crippen LogP) is 1.31. The van der Waals surface area contributed by atoms with Crippen LogP contribution < -0.4 is 5.73 Å². The van der Waals surface area contributed by atoms with Gasteiger partial charge < -0.3 is 10.8 Å². The van der Waals surface area contributed by atoms with E-state index in [2.05, 4.69) is 0 Å². The third kappa shape index (κ3) is 3.58. The topological polar surface area (TPSA) is 83.6 Å². The molecule has 0 saturated heterocycles. The molecule has 0 aliphatic rings. The van der Waals surface area contributed by atoms with Gasteiger partial charge in [0.15, 0.2) is 0 Å². The van der Waals surface area contributed by atoms with Gasteiger partial charge in [0.2, 0.25) is 10.0 Å². The Balaban J connectivity index is 3.17. The minimum Gasteiger partial charge on any atom is -0.399 e. The number of sulfonamides is 1. The van der Waals surface area contributed by atoms with Crippen molar-refractivity contribution in [1.82, 2.24) is 4.31 Å². The maximum Gasteiger partial charge on any atom is 0.244 e. The molecular formula is C11H17ClN2O3S. The molecule has 0 unspecified atom stereocenters. The van der Waals surface area contributed by atoms with Gasteiger partial charge in [-0.2, -0.15) is 4.31 Å². The first-order valence-electron chi connectivity index (χ1n) is 5.28. The Morgan fingerprint density at radius 3 is 2.50 bits per heavy atom. The summed E-state index contributed by atoms with van der Waals surface area (Å²) < 4.78 is 25.6. The molecule has 0 aliphatic carbocycles. The quantitative estimate of drug-likeness (QED) is 0.820. The fourth-order valence-corrected chi connectivity index (χ4v) is 3.35. The van der Waals surface area contributed by atoms with Crippen LogP contribution >= 0.6 is 11.6 Å². The Labute approximate surface area is 112 Å². The number of nitrogens with zero attached hydrogens (tertiary/aromatic N) is 1. The Morgan fingerprint density at radius 2 is 2.00 bits per heavy atom. The summed E-state index contributed by atoms with van der Waals surface area (Å²) in [5, 5.41) is 9.76. The highest BCUT2D eigenvalue weighted by Gasteiger charge is 2.28. The fourth-order valence-electron chi connectivity index (χ4n) is 1.52. The lowest BCUT2D eigenvalue weighted by Crippen LogP contribution is -2.39. The van der Waals surface area contributed by atoms with Gasteiger partial charge in [0, 0.05) is 19.3 Å². The predicted molar refractivity (Wildman–Crippen MR) is 72.0 cm³/mol. The zero-order valence-corrected chi connectivity index (χ0v) is 12.1. The minimum atomic E-state index is -3.76. The van der Waals surface area contributed by atoms with Crippen molar-refractivity contribution < 1.29 is 13.5 Å². The monoisotopic (exact) mass is 292 g/mol. The molecule has 1 aromatic carbocycles. The second-order valence-corrected chi connectivity index (χ2v) is 7.18. The van der Waals surface area contributed by atoms with Crippen molar-refractivity contribution in [2.45, 2.75) is 24.3 Å². The van der Waals surface area contributed by atoms with Gasteiger partial charge in [-0.3, -0.25) is 0 Å². The van der Waals surface area contributed by atoms with E-state index in [0.29, 0.717) is 5.69 Å². The highest BCUT2D eigenvalue weighted by molar-refractivity contribution is 7.89. The number of benzene rings is 1. The standard InChI is InChI=1S/C11H17ClN2O3S/c1-11(2,15)7-14(3)18(16,17)10-6-8(13)4-5-9(10)12/h4-6,15H,7,13H2,1-3H3. The van der Waals surface area contributed by atoms with Crippen molar-refractivity contribution in [3.63, 3.8) is 0 Å². The molecule has 5 nitrogen and oxygen atoms in total. The first-order chi connectivity index (χ1) is 8.04. The summed E-state index contributed by atoms with van der Waals surface area (Å²) in [7, 11) is -2.38. The molecule has 0 saturated carbocycles. The van der Waals surface area contributed by atoms with Crippen LogP contribution in [-0.4, -0.2) is 37.0 Å². The molecule has 7 heteroatoms. The van der Waals surface area contributed by atoms with Gasteiger partial charge in [-0.15, -0.1) is 0 Å². The lowest BCUT2D eigenvalue weighted by atomic mass is 10.1. The number of aliphatic hydroxyl groups is 1. The molecular weight excluding hydrogens is 276 g/mol. The maximum absolute atomic E-state index is 12.3. The second-order valence-electron chi connectivity index (χ2n) is 4.76. The zero-order chi connectivity index (χ0) is 14.1. The van der Waals surface area contributed by atoms with E-state index in [9.17, 15) is 13.5 Å². The van der Waals surface area contributed by atoms with Crippen LogP contribution in [0, 0.1) is 0 Å². The largest absolute Gasteiger partial charge is 0.399 e. The van der Waals surface area contributed by atoms with Gasteiger partial charge in [0.05, 0.1) is 10.6 Å². The van der Waals surface area contributed by atoms with Crippen molar-refractivity contribution in [2.75, 3.05) is 19.3 Å². The molecule has 0 heterocycles. The summed E-state index contributed by atoms with van der Waals surface area (Å²) >= 11 is 5.87. The number of rotatable bonds is 4. The van der Waals surface area contributed by atoms with Crippen LogP contribution in [0.15, 0.2) is 23.1 Å². The molecule has 1 aromatic rings. The number of hydrogen-bond donors (Lipinski definition) is 2. The summed E-state index contributed by atoms with van der Waals surface area (Å²) in [5.41, 5.74) is 4.74. The third-order valence-electron chi connectivity index (χ3n) is 2.25. The Bertz CT molecular complexity index is 538. The molecule has 1 rings (SSSR count). The second kappa shape index (κ2) is 5.05. The number of anilines is 1. The molecule has 0 amide bonds. The normalized spacial score (nSPS) is 13.0. The van der Waals surface area contributed by atoms with Gasteiger partial charge in [-0.25, -0.2) is 8.42 Å². The van der Waals surface area contributed by atoms with Gasteiger partial charge >= 0.3 is 0 Å². The SMILES string of the molecule is CN(CC(C)(C)O)S(=O)(=O)c1cc(N)ccc1Cl. The number of hydrogen-bond acceptors (Lipinski definition) is 4. The molecule has 0 atom stereocenters. The smallest absolute Gasteiger partial charge is 0.244 e. The molecule has 0 aliphatic heterocycles.